The second-order valence-corrected chi connectivity index (χ2v) is 7.82. The Balaban J connectivity index is 1.31. The Morgan fingerprint density at radius 1 is 1.29 bits per heavy atom. The van der Waals surface area contributed by atoms with Crippen molar-refractivity contribution in [2.75, 3.05) is 36.6 Å². The summed E-state index contributed by atoms with van der Waals surface area (Å²) >= 11 is 1.21. The molecule has 0 radical (unpaired) electrons. The number of benzene rings is 1. The molecule has 1 aromatic heterocycles. The monoisotopic (exact) mass is 446 g/mol. The summed E-state index contributed by atoms with van der Waals surface area (Å²) in [5, 5.41) is 7.50. The molecule has 0 aliphatic carbocycles. The van der Waals surface area contributed by atoms with Crippen molar-refractivity contribution in [1.29, 1.82) is 0 Å². The summed E-state index contributed by atoms with van der Waals surface area (Å²) in [6.07, 6.45) is 0.239. The zero-order valence-electron chi connectivity index (χ0n) is 16.9. The van der Waals surface area contributed by atoms with Gasteiger partial charge in [0.05, 0.1) is 24.8 Å². The molecule has 2 N–H and O–H groups in total. The SMILES string of the molecule is CCOC(=O)Cc1csc(NC(=O)N[C@@H]2CC(=O)N(c3ccc4c(c3)OCCO4)C2)n1. The first-order valence-electron chi connectivity index (χ1n) is 9.89. The fourth-order valence-electron chi connectivity index (χ4n) is 3.38. The van der Waals surface area contributed by atoms with E-state index < -0.39 is 6.03 Å². The predicted molar refractivity (Wildman–Crippen MR) is 113 cm³/mol. The van der Waals surface area contributed by atoms with Crippen LogP contribution in [0, 0.1) is 0 Å². The van der Waals surface area contributed by atoms with E-state index in [-0.39, 0.29) is 30.8 Å². The van der Waals surface area contributed by atoms with Crippen molar-refractivity contribution in [2.24, 2.45) is 0 Å². The number of rotatable bonds is 6. The molecule has 3 heterocycles. The summed E-state index contributed by atoms with van der Waals surface area (Å²) in [4.78, 5) is 42.2. The van der Waals surface area contributed by atoms with Crippen molar-refractivity contribution < 1.29 is 28.6 Å². The van der Waals surface area contributed by atoms with Crippen LogP contribution in [0.2, 0.25) is 0 Å². The van der Waals surface area contributed by atoms with E-state index in [1.54, 1.807) is 35.4 Å². The van der Waals surface area contributed by atoms with E-state index >= 15 is 0 Å². The number of carbonyl (C=O) groups is 3. The number of nitrogens with zero attached hydrogens (tertiary/aromatic N) is 2. The Bertz CT molecular complexity index is 994. The van der Waals surface area contributed by atoms with Gasteiger partial charge in [-0.05, 0) is 19.1 Å². The van der Waals surface area contributed by atoms with Crippen LogP contribution in [0.15, 0.2) is 23.6 Å². The lowest BCUT2D eigenvalue weighted by Gasteiger charge is -2.22. The topological polar surface area (TPSA) is 119 Å². The highest BCUT2D eigenvalue weighted by Gasteiger charge is 2.32. The molecule has 0 bridgehead atoms. The van der Waals surface area contributed by atoms with Gasteiger partial charge in [-0.15, -0.1) is 11.3 Å². The summed E-state index contributed by atoms with van der Waals surface area (Å²) in [5.41, 5.74) is 1.22. The van der Waals surface area contributed by atoms with Gasteiger partial charge in [-0.2, -0.15) is 0 Å². The van der Waals surface area contributed by atoms with Gasteiger partial charge in [-0.1, -0.05) is 0 Å². The van der Waals surface area contributed by atoms with Crippen molar-refractivity contribution in [1.82, 2.24) is 10.3 Å². The lowest BCUT2D eigenvalue weighted by atomic mass is 10.2. The third-order valence-electron chi connectivity index (χ3n) is 4.70. The third kappa shape index (κ3) is 5.05. The fraction of sp³-hybridized carbons (Fsp3) is 0.400. The Labute approximate surface area is 182 Å². The molecule has 1 atom stereocenters. The summed E-state index contributed by atoms with van der Waals surface area (Å²) in [7, 11) is 0. The number of ether oxygens (including phenoxy) is 3. The van der Waals surface area contributed by atoms with Gasteiger partial charge in [0.1, 0.15) is 13.2 Å². The maximum atomic E-state index is 12.5. The molecule has 1 fully saturated rings. The molecule has 31 heavy (non-hydrogen) atoms. The highest BCUT2D eigenvalue weighted by Crippen LogP contribution is 2.35. The maximum Gasteiger partial charge on any atom is 0.321 e. The predicted octanol–water partition coefficient (Wildman–Crippen LogP) is 1.95. The summed E-state index contributed by atoms with van der Waals surface area (Å²) in [6, 6.07) is 4.55. The number of hydrogen-bond acceptors (Lipinski definition) is 8. The van der Waals surface area contributed by atoms with Gasteiger partial charge in [0.25, 0.3) is 0 Å². The summed E-state index contributed by atoms with van der Waals surface area (Å²) in [5.74, 6) is 0.801. The molecule has 11 heteroatoms. The molecule has 0 unspecified atom stereocenters. The first kappa shape index (κ1) is 20.9. The Hall–Kier alpha value is -3.34. The zero-order valence-corrected chi connectivity index (χ0v) is 17.7. The second-order valence-electron chi connectivity index (χ2n) is 6.96. The van der Waals surface area contributed by atoms with Crippen molar-refractivity contribution in [3.8, 4) is 11.5 Å². The van der Waals surface area contributed by atoms with E-state index in [9.17, 15) is 14.4 Å². The largest absolute Gasteiger partial charge is 0.486 e. The van der Waals surface area contributed by atoms with Gasteiger partial charge in [0.15, 0.2) is 16.6 Å². The molecule has 0 spiro atoms. The average Bonchev–Trinajstić information content (AvgIpc) is 3.33. The zero-order chi connectivity index (χ0) is 21.8. The number of aromatic nitrogens is 1. The quantitative estimate of drug-likeness (QED) is 0.651. The molecule has 2 aromatic rings. The van der Waals surface area contributed by atoms with Crippen molar-refractivity contribution in [3.05, 3.63) is 29.3 Å². The molecule has 1 aromatic carbocycles. The van der Waals surface area contributed by atoms with E-state index in [1.165, 1.54) is 11.3 Å². The van der Waals surface area contributed by atoms with Crippen LogP contribution < -0.4 is 25.0 Å². The van der Waals surface area contributed by atoms with Gasteiger partial charge < -0.3 is 24.4 Å². The Morgan fingerprint density at radius 2 is 2.10 bits per heavy atom. The molecule has 3 amide bonds. The standard InChI is InChI=1S/C20H22N4O6S/c1-2-28-18(26)8-13-11-31-20(22-13)23-19(27)21-12-7-17(25)24(10-12)14-3-4-15-16(9-14)30-6-5-29-15/h3-4,9,11-12H,2,5-8,10H2,1H3,(H2,21,22,23,27)/t12-/m1/s1. The fourth-order valence-corrected chi connectivity index (χ4v) is 4.08. The molecule has 10 nitrogen and oxygen atoms in total. The van der Waals surface area contributed by atoms with Gasteiger partial charge >= 0.3 is 12.0 Å². The molecule has 1 saturated heterocycles. The first-order chi connectivity index (χ1) is 15.0. The molecular formula is C20H22N4O6S. The van der Waals surface area contributed by atoms with E-state index in [4.69, 9.17) is 14.2 Å². The van der Waals surface area contributed by atoms with Crippen molar-refractivity contribution in [2.45, 2.75) is 25.8 Å². The van der Waals surface area contributed by atoms with Crippen molar-refractivity contribution >= 4 is 40.1 Å². The first-order valence-corrected chi connectivity index (χ1v) is 10.8. The second kappa shape index (κ2) is 9.21. The lowest BCUT2D eigenvalue weighted by Crippen LogP contribution is -2.39. The van der Waals surface area contributed by atoms with Crippen molar-refractivity contribution in [3.63, 3.8) is 0 Å². The number of anilines is 2. The van der Waals surface area contributed by atoms with Crippen LogP contribution in [-0.4, -0.2) is 55.3 Å². The van der Waals surface area contributed by atoms with Gasteiger partial charge in [0.2, 0.25) is 5.91 Å². The van der Waals surface area contributed by atoms with E-state index in [0.29, 0.717) is 54.4 Å². The average molecular weight is 446 g/mol. The molecule has 0 saturated carbocycles. The maximum absolute atomic E-state index is 12.5. The Morgan fingerprint density at radius 3 is 2.90 bits per heavy atom. The lowest BCUT2D eigenvalue weighted by molar-refractivity contribution is -0.142. The molecule has 2 aliphatic rings. The number of nitrogens with one attached hydrogen (secondary N) is 2. The number of hydrogen-bond donors (Lipinski definition) is 2. The van der Waals surface area contributed by atoms with E-state index in [2.05, 4.69) is 15.6 Å². The minimum Gasteiger partial charge on any atom is -0.486 e. The van der Waals surface area contributed by atoms with Crippen LogP contribution in [0.25, 0.3) is 0 Å². The molecule has 2 aliphatic heterocycles. The number of carbonyl (C=O) groups excluding carboxylic acids is 3. The van der Waals surface area contributed by atoms with Gasteiger partial charge in [0, 0.05) is 30.1 Å². The normalized spacial score (nSPS) is 17.4. The highest BCUT2D eigenvalue weighted by atomic mass is 32.1. The molecule has 4 rings (SSSR count). The van der Waals surface area contributed by atoms with Crippen LogP contribution in [0.5, 0.6) is 11.5 Å². The van der Waals surface area contributed by atoms with Crippen LogP contribution in [0.4, 0.5) is 15.6 Å². The number of esters is 1. The number of amides is 3. The van der Waals surface area contributed by atoms with Gasteiger partial charge in [-0.25, -0.2) is 9.78 Å². The smallest absolute Gasteiger partial charge is 0.321 e. The van der Waals surface area contributed by atoms with E-state index in [1.807, 2.05) is 0 Å². The highest BCUT2D eigenvalue weighted by molar-refractivity contribution is 7.13. The van der Waals surface area contributed by atoms with Crippen LogP contribution in [-0.2, 0) is 20.7 Å². The van der Waals surface area contributed by atoms with E-state index in [0.717, 1.165) is 0 Å². The number of thiazole rings is 1. The number of urea groups is 1. The molecular weight excluding hydrogens is 424 g/mol. The summed E-state index contributed by atoms with van der Waals surface area (Å²) in [6.45, 7) is 3.35. The minimum atomic E-state index is -0.459. The third-order valence-corrected chi connectivity index (χ3v) is 5.51. The minimum absolute atomic E-state index is 0.0509. The Kier molecular flexibility index (Phi) is 6.21. The van der Waals surface area contributed by atoms with Crippen LogP contribution >= 0.6 is 11.3 Å². The van der Waals surface area contributed by atoms with Crippen LogP contribution in [0.1, 0.15) is 19.0 Å². The van der Waals surface area contributed by atoms with Crippen LogP contribution in [0.3, 0.4) is 0 Å². The molecule has 164 valence electrons. The van der Waals surface area contributed by atoms with Gasteiger partial charge in [-0.3, -0.25) is 14.9 Å². The summed E-state index contributed by atoms with van der Waals surface area (Å²) < 4.78 is 16.0. The number of fused-ring (bicyclic) bond motifs is 1.